The van der Waals surface area contributed by atoms with Gasteiger partial charge < -0.3 is 20.3 Å². The van der Waals surface area contributed by atoms with E-state index in [-0.39, 0.29) is 0 Å². The zero-order valence-corrected chi connectivity index (χ0v) is 11.1. The van der Waals surface area contributed by atoms with E-state index in [1.807, 2.05) is 13.0 Å². The van der Waals surface area contributed by atoms with Crippen molar-refractivity contribution in [1.82, 2.24) is 15.3 Å². The summed E-state index contributed by atoms with van der Waals surface area (Å²) in [5.41, 5.74) is 0.985. The predicted molar refractivity (Wildman–Crippen MR) is 72.2 cm³/mol. The Hall–Kier alpha value is -1.40. The number of anilines is 2. The Labute approximate surface area is 108 Å². The molecule has 1 aliphatic heterocycles. The van der Waals surface area contributed by atoms with Crippen LogP contribution in [0.15, 0.2) is 6.07 Å². The molecule has 1 aromatic rings. The number of rotatable bonds is 5. The van der Waals surface area contributed by atoms with E-state index in [2.05, 4.69) is 25.5 Å². The zero-order valence-electron chi connectivity index (χ0n) is 11.1. The van der Waals surface area contributed by atoms with Gasteiger partial charge in [0.15, 0.2) is 0 Å². The highest BCUT2D eigenvalue weighted by atomic mass is 16.5. The van der Waals surface area contributed by atoms with Crippen molar-refractivity contribution in [2.45, 2.75) is 6.92 Å². The van der Waals surface area contributed by atoms with Crippen LogP contribution in [0.3, 0.4) is 0 Å². The molecule has 0 bridgehead atoms. The lowest BCUT2D eigenvalue weighted by Gasteiger charge is -2.28. The second-order valence-electron chi connectivity index (χ2n) is 4.35. The SMILES string of the molecule is COCCNc1nc(C)cc(N2CCNCC2)n1. The average Bonchev–Trinajstić information content (AvgIpc) is 2.39. The van der Waals surface area contributed by atoms with Gasteiger partial charge in [-0.05, 0) is 6.92 Å². The Kier molecular flexibility index (Phi) is 4.72. The number of nitrogens with zero attached hydrogens (tertiary/aromatic N) is 3. The fourth-order valence-electron chi connectivity index (χ4n) is 1.95. The molecule has 18 heavy (non-hydrogen) atoms. The van der Waals surface area contributed by atoms with Crippen molar-refractivity contribution < 1.29 is 4.74 Å². The van der Waals surface area contributed by atoms with E-state index >= 15 is 0 Å². The monoisotopic (exact) mass is 251 g/mol. The van der Waals surface area contributed by atoms with Crippen LogP contribution in [-0.2, 0) is 4.74 Å². The van der Waals surface area contributed by atoms with Crippen LogP contribution in [0.2, 0.25) is 0 Å². The second kappa shape index (κ2) is 6.51. The van der Waals surface area contributed by atoms with Gasteiger partial charge in [-0.25, -0.2) is 4.98 Å². The maximum atomic E-state index is 5.00. The Morgan fingerprint density at radius 2 is 2.17 bits per heavy atom. The Morgan fingerprint density at radius 1 is 1.39 bits per heavy atom. The molecule has 1 fully saturated rings. The third-order valence-electron chi connectivity index (χ3n) is 2.87. The standard InChI is InChI=1S/C12H21N5O/c1-10-9-11(17-6-3-13-4-7-17)16-12(15-10)14-5-8-18-2/h9,13H,3-8H2,1-2H3,(H,14,15,16). The quantitative estimate of drug-likeness (QED) is 0.732. The molecule has 6 nitrogen and oxygen atoms in total. The minimum Gasteiger partial charge on any atom is -0.383 e. The first-order chi connectivity index (χ1) is 8.79. The van der Waals surface area contributed by atoms with Crippen molar-refractivity contribution in [3.63, 3.8) is 0 Å². The lowest BCUT2D eigenvalue weighted by atomic mass is 10.3. The van der Waals surface area contributed by atoms with E-state index in [0.29, 0.717) is 12.6 Å². The molecule has 100 valence electrons. The fourth-order valence-corrected chi connectivity index (χ4v) is 1.95. The molecule has 0 aromatic carbocycles. The minimum absolute atomic E-state index is 0.653. The van der Waals surface area contributed by atoms with Gasteiger partial charge in [-0.2, -0.15) is 4.98 Å². The number of ether oxygens (including phenoxy) is 1. The topological polar surface area (TPSA) is 62.3 Å². The summed E-state index contributed by atoms with van der Waals surface area (Å²) >= 11 is 0. The normalized spacial score (nSPS) is 15.8. The number of aromatic nitrogens is 2. The van der Waals surface area contributed by atoms with Crippen LogP contribution in [0.25, 0.3) is 0 Å². The molecule has 0 radical (unpaired) electrons. The molecule has 0 atom stereocenters. The first-order valence-electron chi connectivity index (χ1n) is 6.34. The number of hydrogen-bond donors (Lipinski definition) is 2. The summed E-state index contributed by atoms with van der Waals surface area (Å²) < 4.78 is 5.00. The molecule has 2 heterocycles. The average molecular weight is 251 g/mol. The maximum absolute atomic E-state index is 5.00. The molecule has 2 rings (SSSR count). The van der Waals surface area contributed by atoms with Gasteiger partial charge in [-0.15, -0.1) is 0 Å². The van der Waals surface area contributed by atoms with Gasteiger partial charge >= 0.3 is 0 Å². The smallest absolute Gasteiger partial charge is 0.224 e. The van der Waals surface area contributed by atoms with Crippen LogP contribution in [0.4, 0.5) is 11.8 Å². The minimum atomic E-state index is 0.653. The number of aryl methyl sites for hydroxylation is 1. The van der Waals surface area contributed by atoms with E-state index in [4.69, 9.17) is 4.74 Å². The van der Waals surface area contributed by atoms with Crippen LogP contribution in [0.1, 0.15) is 5.69 Å². The van der Waals surface area contributed by atoms with Crippen LogP contribution < -0.4 is 15.5 Å². The molecule has 0 unspecified atom stereocenters. The molecular formula is C12H21N5O. The molecule has 0 spiro atoms. The first kappa shape index (κ1) is 13.0. The van der Waals surface area contributed by atoms with Crippen molar-refractivity contribution in [2.24, 2.45) is 0 Å². The predicted octanol–water partition coefficient (Wildman–Crippen LogP) is 0.253. The van der Waals surface area contributed by atoms with E-state index in [1.54, 1.807) is 7.11 Å². The Morgan fingerprint density at radius 3 is 2.89 bits per heavy atom. The number of hydrogen-bond acceptors (Lipinski definition) is 6. The third kappa shape index (κ3) is 3.54. The number of methoxy groups -OCH3 is 1. The molecule has 0 saturated carbocycles. The van der Waals surface area contributed by atoms with Crippen molar-refractivity contribution in [2.75, 3.05) is 56.7 Å². The highest BCUT2D eigenvalue weighted by Crippen LogP contribution is 2.15. The first-order valence-corrected chi connectivity index (χ1v) is 6.34. The molecule has 1 saturated heterocycles. The van der Waals surface area contributed by atoms with Crippen LogP contribution in [0, 0.1) is 6.92 Å². The van der Waals surface area contributed by atoms with Gasteiger partial charge in [-0.3, -0.25) is 0 Å². The second-order valence-corrected chi connectivity index (χ2v) is 4.35. The van der Waals surface area contributed by atoms with Crippen LogP contribution in [-0.4, -0.2) is 56.4 Å². The van der Waals surface area contributed by atoms with Crippen molar-refractivity contribution in [1.29, 1.82) is 0 Å². The summed E-state index contributed by atoms with van der Waals surface area (Å²) in [6.45, 7) is 7.38. The largest absolute Gasteiger partial charge is 0.383 e. The maximum Gasteiger partial charge on any atom is 0.224 e. The van der Waals surface area contributed by atoms with Gasteiger partial charge in [0.1, 0.15) is 5.82 Å². The van der Waals surface area contributed by atoms with Crippen molar-refractivity contribution in [3.05, 3.63) is 11.8 Å². The molecule has 0 aliphatic carbocycles. The zero-order chi connectivity index (χ0) is 12.8. The van der Waals surface area contributed by atoms with Gasteiger partial charge in [0.25, 0.3) is 0 Å². The highest BCUT2D eigenvalue weighted by Gasteiger charge is 2.13. The van der Waals surface area contributed by atoms with Crippen LogP contribution in [0.5, 0.6) is 0 Å². The summed E-state index contributed by atoms with van der Waals surface area (Å²) in [6, 6.07) is 2.03. The molecule has 1 aromatic heterocycles. The van der Waals surface area contributed by atoms with Crippen LogP contribution >= 0.6 is 0 Å². The number of nitrogens with one attached hydrogen (secondary N) is 2. The number of piperazine rings is 1. The molecule has 1 aliphatic rings. The van der Waals surface area contributed by atoms with Gasteiger partial charge in [0, 0.05) is 51.6 Å². The van der Waals surface area contributed by atoms with Gasteiger partial charge in [0.05, 0.1) is 6.61 Å². The van der Waals surface area contributed by atoms with E-state index < -0.39 is 0 Å². The highest BCUT2D eigenvalue weighted by molar-refractivity contribution is 5.45. The lowest BCUT2D eigenvalue weighted by molar-refractivity contribution is 0.210. The summed E-state index contributed by atoms with van der Waals surface area (Å²) in [6.07, 6.45) is 0. The van der Waals surface area contributed by atoms with Crippen molar-refractivity contribution >= 4 is 11.8 Å². The summed E-state index contributed by atoms with van der Waals surface area (Å²) in [5, 5.41) is 6.51. The van der Waals surface area contributed by atoms with Crippen molar-refractivity contribution in [3.8, 4) is 0 Å². The van der Waals surface area contributed by atoms with E-state index in [1.165, 1.54) is 0 Å². The van der Waals surface area contributed by atoms with Gasteiger partial charge in [0.2, 0.25) is 5.95 Å². The van der Waals surface area contributed by atoms with Gasteiger partial charge in [-0.1, -0.05) is 0 Å². The summed E-state index contributed by atoms with van der Waals surface area (Å²) in [4.78, 5) is 11.2. The van der Waals surface area contributed by atoms with E-state index in [9.17, 15) is 0 Å². The van der Waals surface area contributed by atoms with E-state index in [0.717, 1.165) is 44.2 Å². The summed E-state index contributed by atoms with van der Waals surface area (Å²) in [5.74, 6) is 1.68. The fraction of sp³-hybridized carbons (Fsp3) is 0.667. The Bertz CT molecular complexity index is 379. The molecule has 6 heteroatoms. The lowest BCUT2D eigenvalue weighted by Crippen LogP contribution is -2.44. The summed E-state index contributed by atoms with van der Waals surface area (Å²) in [7, 11) is 1.69. The molecule has 0 amide bonds. The molecule has 2 N–H and O–H groups in total. The molecular weight excluding hydrogens is 230 g/mol. The Balaban J connectivity index is 2.05. The third-order valence-corrected chi connectivity index (χ3v) is 2.87.